The topological polar surface area (TPSA) is 12.5 Å². The summed E-state index contributed by atoms with van der Waals surface area (Å²) in [5.41, 5.74) is 2.58. The van der Waals surface area contributed by atoms with Crippen molar-refractivity contribution in [2.75, 3.05) is 27.7 Å². The summed E-state index contributed by atoms with van der Waals surface area (Å²) in [5.74, 6) is 1.31. The molecular formula is C20H33NO. The van der Waals surface area contributed by atoms with Gasteiger partial charge in [0.1, 0.15) is 5.76 Å². The summed E-state index contributed by atoms with van der Waals surface area (Å²) in [6.07, 6.45) is 16.0. The Hall–Kier alpha value is -1.54. The van der Waals surface area contributed by atoms with Gasteiger partial charge in [-0.2, -0.15) is 0 Å². The van der Waals surface area contributed by atoms with E-state index in [9.17, 15) is 0 Å². The molecule has 0 rings (SSSR count). The van der Waals surface area contributed by atoms with E-state index in [1.165, 1.54) is 5.57 Å². The van der Waals surface area contributed by atoms with Gasteiger partial charge in [-0.3, -0.25) is 0 Å². The van der Waals surface area contributed by atoms with Gasteiger partial charge >= 0.3 is 0 Å². The monoisotopic (exact) mass is 303 g/mol. The normalized spacial score (nSPS) is 16.1. The van der Waals surface area contributed by atoms with Crippen molar-refractivity contribution in [3.8, 4) is 0 Å². The third-order valence-electron chi connectivity index (χ3n) is 3.30. The van der Waals surface area contributed by atoms with Gasteiger partial charge < -0.3 is 9.64 Å². The predicted octanol–water partition coefficient (Wildman–Crippen LogP) is 5.13. The average molecular weight is 303 g/mol. The number of hydrogen-bond donors (Lipinski definition) is 0. The summed E-state index contributed by atoms with van der Waals surface area (Å²) in [7, 11) is 5.91. The Balaban J connectivity index is 4.73. The van der Waals surface area contributed by atoms with Gasteiger partial charge in [-0.05, 0) is 51.9 Å². The van der Waals surface area contributed by atoms with E-state index < -0.39 is 0 Å². The van der Waals surface area contributed by atoms with Crippen molar-refractivity contribution in [2.24, 2.45) is 5.92 Å². The molecule has 0 aliphatic carbocycles. The Labute approximate surface area is 137 Å². The molecule has 124 valence electrons. The lowest BCUT2D eigenvalue weighted by Gasteiger charge is -2.11. The Morgan fingerprint density at radius 3 is 2.36 bits per heavy atom. The molecule has 2 nitrogen and oxygen atoms in total. The quantitative estimate of drug-likeness (QED) is 0.432. The van der Waals surface area contributed by atoms with E-state index in [4.69, 9.17) is 4.74 Å². The molecule has 0 heterocycles. The molecule has 0 radical (unpaired) electrons. The van der Waals surface area contributed by atoms with Crippen molar-refractivity contribution in [2.45, 2.75) is 34.1 Å². The third-order valence-corrected chi connectivity index (χ3v) is 3.30. The predicted molar refractivity (Wildman–Crippen MR) is 98.9 cm³/mol. The van der Waals surface area contributed by atoms with Crippen LogP contribution in [-0.2, 0) is 4.74 Å². The molecule has 1 atom stereocenters. The molecule has 0 aliphatic rings. The first-order chi connectivity index (χ1) is 10.4. The SMILES string of the molecule is C\C=C/C(OC)=C(C)\C=C\C(C)/C=C\C=C(/CC)CN(C)C. The minimum Gasteiger partial charge on any atom is -0.497 e. The lowest BCUT2D eigenvalue weighted by Crippen LogP contribution is -2.14. The zero-order valence-corrected chi connectivity index (χ0v) is 15.4. The van der Waals surface area contributed by atoms with Crippen LogP contribution < -0.4 is 0 Å². The molecule has 0 amide bonds. The molecule has 22 heavy (non-hydrogen) atoms. The summed E-state index contributed by atoms with van der Waals surface area (Å²) in [6, 6.07) is 0. The van der Waals surface area contributed by atoms with Crippen molar-refractivity contribution < 1.29 is 4.74 Å². The summed E-state index contributed by atoms with van der Waals surface area (Å²) in [6.45, 7) is 9.47. The molecule has 0 N–H and O–H groups in total. The number of allylic oxidation sites excluding steroid dienone is 8. The average Bonchev–Trinajstić information content (AvgIpc) is 2.48. The number of likely N-dealkylation sites (N-methyl/N-ethyl adjacent to an activating group) is 1. The standard InChI is InChI=1S/C20H33NO/c1-8-11-20(22-7)18(4)15-14-17(3)12-10-13-19(9-2)16-21(5)6/h8,10-15,17H,9,16H2,1-7H3/b11-8-,12-10-,15-14+,19-13+,20-18+. The Kier molecular flexibility index (Phi) is 11.2. The van der Waals surface area contributed by atoms with Crippen molar-refractivity contribution in [3.05, 3.63) is 59.4 Å². The summed E-state index contributed by atoms with van der Waals surface area (Å²) in [4.78, 5) is 2.20. The van der Waals surface area contributed by atoms with Crippen molar-refractivity contribution >= 4 is 0 Å². The Morgan fingerprint density at radius 2 is 1.86 bits per heavy atom. The first-order valence-corrected chi connectivity index (χ1v) is 8.01. The van der Waals surface area contributed by atoms with Crippen molar-refractivity contribution in [1.29, 1.82) is 0 Å². The van der Waals surface area contributed by atoms with Crippen LogP contribution in [0.3, 0.4) is 0 Å². The molecule has 1 unspecified atom stereocenters. The molecule has 0 spiro atoms. The Morgan fingerprint density at radius 1 is 1.18 bits per heavy atom. The van der Waals surface area contributed by atoms with Gasteiger partial charge in [-0.15, -0.1) is 0 Å². The summed E-state index contributed by atoms with van der Waals surface area (Å²) < 4.78 is 5.36. The van der Waals surface area contributed by atoms with Crippen LogP contribution in [0, 0.1) is 5.92 Å². The van der Waals surface area contributed by atoms with Crippen LogP contribution in [0.15, 0.2) is 59.4 Å². The molecule has 0 saturated heterocycles. The number of ether oxygens (including phenoxy) is 1. The van der Waals surface area contributed by atoms with Gasteiger partial charge in [-0.25, -0.2) is 0 Å². The van der Waals surface area contributed by atoms with Gasteiger partial charge in [0.05, 0.1) is 7.11 Å². The van der Waals surface area contributed by atoms with Gasteiger partial charge in [0.15, 0.2) is 0 Å². The molecule has 0 aromatic heterocycles. The molecule has 0 aromatic carbocycles. The lowest BCUT2D eigenvalue weighted by atomic mass is 10.1. The van der Waals surface area contributed by atoms with Crippen molar-refractivity contribution in [1.82, 2.24) is 4.90 Å². The number of methoxy groups -OCH3 is 1. The van der Waals surface area contributed by atoms with E-state index in [0.717, 1.165) is 24.3 Å². The summed E-state index contributed by atoms with van der Waals surface area (Å²) in [5, 5.41) is 0. The maximum absolute atomic E-state index is 5.36. The zero-order chi connectivity index (χ0) is 17.0. The van der Waals surface area contributed by atoms with Crippen LogP contribution in [0.1, 0.15) is 34.1 Å². The van der Waals surface area contributed by atoms with E-state index in [1.807, 2.05) is 19.1 Å². The van der Waals surface area contributed by atoms with E-state index in [-0.39, 0.29) is 0 Å². The second-order valence-electron chi connectivity index (χ2n) is 5.77. The molecular weight excluding hydrogens is 270 g/mol. The van der Waals surface area contributed by atoms with Crippen LogP contribution in [0.4, 0.5) is 0 Å². The van der Waals surface area contributed by atoms with E-state index in [0.29, 0.717) is 5.92 Å². The highest BCUT2D eigenvalue weighted by Crippen LogP contribution is 2.11. The molecule has 2 heteroatoms. The maximum Gasteiger partial charge on any atom is 0.121 e. The summed E-state index contributed by atoms with van der Waals surface area (Å²) >= 11 is 0. The van der Waals surface area contributed by atoms with Gasteiger partial charge in [0.25, 0.3) is 0 Å². The van der Waals surface area contributed by atoms with E-state index in [2.05, 4.69) is 70.1 Å². The van der Waals surface area contributed by atoms with Crippen LogP contribution >= 0.6 is 0 Å². The van der Waals surface area contributed by atoms with Gasteiger partial charge in [0, 0.05) is 6.54 Å². The fourth-order valence-electron chi connectivity index (χ4n) is 2.01. The van der Waals surface area contributed by atoms with Crippen LogP contribution in [-0.4, -0.2) is 32.6 Å². The highest BCUT2D eigenvalue weighted by molar-refractivity contribution is 5.28. The fourth-order valence-corrected chi connectivity index (χ4v) is 2.01. The minimum absolute atomic E-state index is 0.396. The van der Waals surface area contributed by atoms with Gasteiger partial charge in [-0.1, -0.05) is 55.9 Å². The zero-order valence-electron chi connectivity index (χ0n) is 15.4. The first-order valence-electron chi connectivity index (χ1n) is 8.01. The fraction of sp³-hybridized carbons (Fsp3) is 0.500. The first kappa shape index (κ1) is 20.5. The second kappa shape index (κ2) is 12.0. The van der Waals surface area contributed by atoms with Crippen LogP contribution in [0.5, 0.6) is 0 Å². The van der Waals surface area contributed by atoms with Gasteiger partial charge in [0.2, 0.25) is 0 Å². The Bertz CT molecular complexity index is 450. The van der Waals surface area contributed by atoms with E-state index in [1.54, 1.807) is 7.11 Å². The lowest BCUT2D eigenvalue weighted by molar-refractivity contribution is 0.303. The molecule has 0 aliphatic heterocycles. The van der Waals surface area contributed by atoms with Crippen LogP contribution in [0.25, 0.3) is 0 Å². The molecule has 0 aromatic rings. The largest absolute Gasteiger partial charge is 0.497 e. The number of nitrogens with zero attached hydrogens (tertiary/aromatic N) is 1. The highest BCUT2D eigenvalue weighted by Gasteiger charge is 1.97. The smallest absolute Gasteiger partial charge is 0.121 e. The van der Waals surface area contributed by atoms with Crippen LogP contribution in [0.2, 0.25) is 0 Å². The molecule has 0 saturated carbocycles. The van der Waals surface area contributed by atoms with E-state index >= 15 is 0 Å². The third kappa shape index (κ3) is 9.41. The molecule has 0 bridgehead atoms. The number of hydrogen-bond acceptors (Lipinski definition) is 2. The molecule has 0 fully saturated rings. The number of rotatable bonds is 9. The van der Waals surface area contributed by atoms with Crippen molar-refractivity contribution in [3.63, 3.8) is 0 Å². The maximum atomic E-state index is 5.36. The minimum atomic E-state index is 0.396. The second-order valence-corrected chi connectivity index (χ2v) is 5.77. The highest BCUT2D eigenvalue weighted by atomic mass is 16.5.